The van der Waals surface area contributed by atoms with Gasteiger partial charge in [0.05, 0.1) is 19.5 Å². The molecule has 0 aromatic carbocycles. The van der Waals surface area contributed by atoms with E-state index in [-0.39, 0.29) is 47.5 Å². The first-order valence-corrected chi connectivity index (χ1v) is 21.5. The SMILES string of the molecule is CC(C)CC(=O)SCCNC(=O)CCNC(=O)C(O)C(C)(C)COP(=O)(O)OP(=O)(O)OC[C@H]1O[C@@H](n2cnc3c(N)ncnc32)[C@H](O)[C@@H]1OP(=O)(O)O. The summed E-state index contributed by atoms with van der Waals surface area (Å²) in [6.45, 7) is 4.36. The summed E-state index contributed by atoms with van der Waals surface area (Å²) in [6, 6.07) is 0. The first-order chi connectivity index (χ1) is 24.9. The van der Waals surface area contributed by atoms with Gasteiger partial charge in [-0.05, 0) is 5.92 Å². The first-order valence-electron chi connectivity index (χ1n) is 16.0. The van der Waals surface area contributed by atoms with Gasteiger partial charge in [0.1, 0.15) is 36.3 Å². The molecule has 3 heterocycles. The molecule has 10 N–H and O–H groups in total. The van der Waals surface area contributed by atoms with Crippen molar-refractivity contribution in [2.75, 3.05) is 37.8 Å². The highest BCUT2D eigenvalue weighted by atomic mass is 32.2. The molecule has 2 aromatic heterocycles. The summed E-state index contributed by atoms with van der Waals surface area (Å²) in [5.74, 6) is -0.844. The van der Waals surface area contributed by atoms with Crippen LogP contribution in [0.15, 0.2) is 12.7 Å². The van der Waals surface area contributed by atoms with Crippen molar-refractivity contribution >= 4 is 69.1 Å². The van der Waals surface area contributed by atoms with Crippen LogP contribution in [0, 0.1) is 11.3 Å². The fourth-order valence-corrected chi connectivity index (χ4v) is 8.40. The van der Waals surface area contributed by atoms with Gasteiger partial charge >= 0.3 is 23.5 Å². The number of nitrogens with two attached hydrogens (primary N) is 1. The van der Waals surface area contributed by atoms with E-state index in [2.05, 4.69) is 34.4 Å². The molecule has 0 bridgehead atoms. The number of hydrogen-bond donors (Lipinski definition) is 9. The van der Waals surface area contributed by atoms with Crippen molar-refractivity contribution in [2.24, 2.45) is 11.3 Å². The Kier molecular flexibility index (Phi) is 16.3. The van der Waals surface area contributed by atoms with Crippen LogP contribution in [-0.4, -0.2) is 123 Å². The number of aliphatic hydroxyl groups excluding tert-OH is 2. The van der Waals surface area contributed by atoms with Crippen LogP contribution in [-0.2, 0) is 50.7 Å². The molecule has 0 aliphatic carbocycles. The van der Waals surface area contributed by atoms with Crippen LogP contribution >= 0.6 is 35.2 Å². The number of nitrogen functional groups attached to an aromatic ring is 1. The lowest BCUT2D eigenvalue weighted by Crippen LogP contribution is -2.46. The number of hydrogen-bond acceptors (Lipinski definition) is 18. The van der Waals surface area contributed by atoms with Crippen LogP contribution in [0.1, 0.15) is 46.8 Å². The topological polar surface area (TPSA) is 364 Å². The number of carbonyl (C=O) groups is 3. The van der Waals surface area contributed by atoms with Gasteiger partial charge in [0, 0.05) is 37.1 Å². The van der Waals surface area contributed by atoms with E-state index in [1.54, 1.807) is 0 Å². The lowest BCUT2D eigenvalue weighted by atomic mass is 9.87. The molecule has 54 heavy (non-hydrogen) atoms. The van der Waals surface area contributed by atoms with Crippen LogP contribution in [0.2, 0.25) is 0 Å². The molecule has 0 saturated carbocycles. The average Bonchev–Trinajstić information content (AvgIpc) is 3.60. The Hall–Kier alpha value is -2.44. The zero-order chi connectivity index (χ0) is 40.6. The van der Waals surface area contributed by atoms with Crippen molar-refractivity contribution in [1.29, 1.82) is 0 Å². The van der Waals surface area contributed by atoms with Crippen molar-refractivity contribution < 1.29 is 80.5 Å². The lowest BCUT2D eigenvalue weighted by molar-refractivity contribution is -0.137. The molecule has 1 saturated heterocycles. The number of imidazole rings is 1. The molecule has 0 radical (unpaired) electrons. The summed E-state index contributed by atoms with van der Waals surface area (Å²) < 4.78 is 62.0. The third kappa shape index (κ3) is 13.9. The molecule has 28 heteroatoms. The second-order valence-corrected chi connectivity index (χ2v) is 18.3. The van der Waals surface area contributed by atoms with Crippen molar-refractivity contribution in [3.8, 4) is 0 Å². The minimum atomic E-state index is -5.56. The summed E-state index contributed by atoms with van der Waals surface area (Å²) in [6.07, 6.45) is -6.47. The Bertz CT molecular complexity index is 1780. The van der Waals surface area contributed by atoms with Crippen LogP contribution in [0.5, 0.6) is 0 Å². The third-order valence-electron chi connectivity index (χ3n) is 7.34. The van der Waals surface area contributed by atoms with Gasteiger partial charge in [-0.3, -0.25) is 32.5 Å². The van der Waals surface area contributed by atoms with E-state index < -0.39 is 84.6 Å². The molecule has 306 valence electrons. The Morgan fingerprint density at radius 2 is 1.72 bits per heavy atom. The van der Waals surface area contributed by atoms with E-state index in [0.29, 0.717) is 12.2 Å². The highest BCUT2D eigenvalue weighted by molar-refractivity contribution is 8.13. The Labute approximate surface area is 312 Å². The van der Waals surface area contributed by atoms with E-state index in [9.17, 15) is 57.9 Å². The summed E-state index contributed by atoms with van der Waals surface area (Å²) in [5, 5.41) is 26.3. The third-order valence-corrected chi connectivity index (χ3v) is 11.3. The maximum atomic E-state index is 12.7. The molecular formula is C26H44N7O17P3S. The molecule has 1 aliphatic heterocycles. The second kappa shape index (κ2) is 19.1. The molecule has 7 atom stereocenters. The highest BCUT2D eigenvalue weighted by Crippen LogP contribution is 2.61. The Balaban J connectivity index is 1.51. The molecule has 2 aromatic rings. The number of ether oxygens (including phenoxy) is 1. The number of nitrogens with zero attached hydrogens (tertiary/aromatic N) is 4. The smallest absolute Gasteiger partial charge is 0.386 e. The normalized spacial score (nSPS) is 22.1. The van der Waals surface area contributed by atoms with Gasteiger partial charge in [0.2, 0.25) is 11.8 Å². The van der Waals surface area contributed by atoms with Gasteiger partial charge in [0.25, 0.3) is 0 Å². The summed E-state index contributed by atoms with van der Waals surface area (Å²) in [5.41, 5.74) is 4.27. The van der Waals surface area contributed by atoms with E-state index in [1.807, 2.05) is 13.8 Å². The minimum absolute atomic E-state index is 0.0104. The van der Waals surface area contributed by atoms with Crippen LogP contribution in [0.4, 0.5) is 5.82 Å². The molecule has 0 spiro atoms. The molecule has 3 rings (SSSR count). The van der Waals surface area contributed by atoms with E-state index >= 15 is 0 Å². The molecule has 2 amide bonds. The van der Waals surface area contributed by atoms with Crippen LogP contribution in [0.3, 0.4) is 0 Å². The fourth-order valence-electron chi connectivity index (χ4n) is 4.69. The molecule has 1 fully saturated rings. The number of aromatic nitrogens is 4. The van der Waals surface area contributed by atoms with Gasteiger partial charge < -0.3 is 50.9 Å². The molecular weight excluding hydrogens is 807 g/mol. The maximum absolute atomic E-state index is 12.7. The summed E-state index contributed by atoms with van der Waals surface area (Å²) in [7, 11) is -16.4. The van der Waals surface area contributed by atoms with Gasteiger partial charge in [-0.25, -0.2) is 28.6 Å². The van der Waals surface area contributed by atoms with E-state index in [4.69, 9.17) is 19.5 Å². The summed E-state index contributed by atoms with van der Waals surface area (Å²) in [4.78, 5) is 87.1. The highest BCUT2D eigenvalue weighted by Gasteiger charge is 2.50. The van der Waals surface area contributed by atoms with Gasteiger partial charge in [-0.2, -0.15) is 4.31 Å². The van der Waals surface area contributed by atoms with E-state index in [1.165, 1.54) is 13.8 Å². The number of nitrogens with one attached hydrogen (secondary N) is 2. The van der Waals surface area contributed by atoms with Crippen molar-refractivity contribution in [3.63, 3.8) is 0 Å². The number of amides is 2. The number of carbonyl (C=O) groups excluding carboxylic acids is 3. The standard InChI is InChI=1S/C26H44N7O17P3S/c1-14(2)9-17(35)54-8-7-28-16(34)5-6-29-24(38)21(37)26(3,4)11-47-53(44,45)50-52(42,43)46-10-15-20(49-51(39,40)41)19(36)25(48-15)33-13-32-18-22(27)30-12-31-23(18)33/h12-15,19-21,25,36-37H,5-11H2,1-4H3,(H,28,34)(H,29,38)(H,42,43)(H,44,45)(H2,27,30,31)(H2,39,40,41)/t15-,19-,20-,21?,25-/m1/s1. The second-order valence-electron chi connectivity index (χ2n) is 12.9. The van der Waals surface area contributed by atoms with Gasteiger partial charge in [-0.15, -0.1) is 0 Å². The quantitative estimate of drug-likeness (QED) is 0.0575. The Morgan fingerprint density at radius 3 is 2.37 bits per heavy atom. The monoisotopic (exact) mass is 851 g/mol. The molecule has 3 unspecified atom stereocenters. The Morgan fingerprint density at radius 1 is 1.06 bits per heavy atom. The number of anilines is 1. The predicted molar refractivity (Wildman–Crippen MR) is 187 cm³/mol. The van der Waals surface area contributed by atoms with E-state index in [0.717, 1.165) is 29.0 Å². The zero-order valence-electron chi connectivity index (χ0n) is 29.4. The van der Waals surface area contributed by atoms with Crippen LogP contribution in [0.25, 0.3) is 11.2 Å². The number of phosphoric acid groups is 3. The average molecular weight is 852 g/mol. The number of aliphatic hydroxyl groups is 2. The predicted octanol–water partition coefficient (Wildman–Crippen LogP) is -0.289. The van der Waals surface area contributed by atoms with Gasteiger partial charge in [-0.1, -0.05) is 39.5 Å². The number of rotatable bonds is 21. The number of thioether (sulfide) groups is 1. The lowest BCUT2D eigenvalue weighted by Gasteiger charge is -2.30. The fraction of sp³-hybridized carbons (Fsp3) is 0.692. The number of fused-ring (bicyclic) bond motifs is 1. The van der Waals surface area contributed by atoms with Gasteiger partial charge in [0.15, 0.2) is 22.8 Å². The van der Waals surface area contributed by atoms with Crippen molar-refractivity contribution in [1.82, 2.24) is 30.2 Å². The molecule has 1 aliphatic rings. The number of phosphoric ester groups is 3. The minimum Gasteiger partial charge on any atom is -0.386 e. The summed E-state index contributed by atoms with van der Waals surface area (Å²) >= 11 is 1.10. The zero-order valence-corrected chi connectivity index (χ0v) is 32.9. The molecule has 24 nitrogen and oxygen atoms in total. The van der Waals surface area contributed by atoms with Crippen molar-refractivity contribution in [3.05, 3.63) is 12.7 Å². The van der Waals surface area contributed by atoms with Crippen molar-refractivity contribution in [2.45, 2.75) is 71.2 Å². The van der Waals surface area contributed by atoms with Crippen LogP contribution < -0.4 is 16.4 Å². The largest absolute Gasteiger partial charge is 0.481 e. The maximum Gasteiger partial charge on any atom is 0.481 e. The first kappa shape index (κ1) is 45.9.